The van der Waals surface area contributed by atoms with E-state index >= 15 is 0 Å². The summed E-state index contributed by atoms with van der Waals surface area (Å²) in [7, 11) is 0. The molecule has 0 aliphatic carbocycles. The molecule has 0 aromatic carbocycles. The average molecular weight is 165 g/mol. The van der Waals surface area contributed by atoms with E-state index in [9.17, 15) is 4.79 Å². The second-order valence-electron chi connectivity index (χ2n) is 2.68. The van der Waals surface area contributed by atoms with E-state index in [-0.39, 0.29) is 6.10 Å². The molecule has 1 aliphatic heterocycles. The summed E-state index contributed by atoms with van der Waals surface area (Å²) in [6, 6.07) is 2.35. The van der Waals surface area contributed by atoms with Crippen molar-refractivity contribution in [2.75, 3.05) is 6.61 Å². The number of aliphatic imine (C=N–C) groups is 1. The monoisotopic (exact) mass is 165 g/mol. The lowest BCUT2D eigenvalue weighted by Gasteiger charge is -2.19. The third kappa shape index (κ3) is 3.34. The molecule has 1 saturated heterocycles. The van der Waals surface area contributed by atoms with Gasteiger partial charge in [-0.25, -0.2) is 4.79 Å². The minimum absolute atomic E-state index is 0.244. The number of hydrogen-bond donors (Lipinski definition) is 0. The third-order valence-electron chi connectivity index (χ3n) is 1.78. The zero-order valence-electron chi connectivity index (χ0n) is 6.88. The van der Waals surface area contributed by atoms with Crippen molar-refractivity contribution < 1.29 is 9.53 Å². The molecule has 1 aliphatic rings. The van der Waals surface area contributed by atoms with Crippen LogP contribution in [0.5, 0.6) is 0 Å². The molecule has 64 valence electrons. The summed E-state index contributed by atoms with van der Waals surface area (Å²) in [6.07, 6.45) is 5.71. The van der Waals surface area contributed by atoms with Gasteiger partial charge in [0.15, 0.2) is 0 Å². The van der Waals surface area contributed by atoms with Gasteiger partial charge in [0.2, 0.25) is 6.08 Å². The molecule has 3 nitrogen and oxygen atoms in total. The molecule has 0 saturated carbocycles. The van der Waals surface area contributed by atoms with Crippen LogP contribution >= 0.6 is 0 Å². The van der Waals surface area contributed by atoms with Crippen molar-refractivity contribution in [3.8, 4) is 12.0 Å². The summed E-state index contributed by atoms with van der Waals surface area (Å²) in [5.41, 5.74) is 0. The highest BCUT2D eigenvalue weighted by atomic mass is 16.5. The molecule has 1 unspecified atom stereocenters. The van der Waals surface area contributed by atoms with Gasteiger partial charge in [-0.15, -0.1) is 4.99 Å². The lowest BCUT2D eigenvalue weighted by Crippen LogP contribution is -2.17. The second kappa shape index (κ2) is 5.54. The SMILES string of the molecule is O=C=NC#CCC1CCCCO1. The lowest BCUT2D eigenvalue weighted by atomic mass is 10.1. The number of ether oxygens (including phenoxy) is 1. The minimum Gasteiger partial charge on any atom is -0.377 e. The van der Waals surface area contributed by atoms with E-state index in [2.05, 4.69) is 17.0 Å². The van der Waals surface area contributed by atoms with Crippen LogP contribution < -0.4 is 0 Å². The first-order valence-corrected chi connectivity index (χ1v) is 4.10. The van der Waals surface area contributed by atoms with Crippen molar-refractivity contribution in [3.63, 3.8) is 0 Å². The number of hydrogen-bond acceptors (Lipinski definition) is 3. The van der Waals surface area contributed by atoms with Crippen LogP contribution in [0.1, 0.15) is 25.7 Å². The molecule has 0 N–H and O–H groups in total. The van der Waals surface area contributed by atoms with Crippen LogP contribution in [0.15, 0.2) is 4.99 Å². The van der Waals surface area contributed by atoms with Gasteiger partial charge in [-0.3, -0.25) is 0 Å². The fraction of sp³-hybridized carbons (Fsp3) is 0.667. The molecule has 0 amide bonds. The Labute approximate surface area is 71.8 Å². The molecule has 12 heavy (non-hydrogen) atoms. The number of nitrogens with zero attached hydrogens (tertiary/aromatic N) is 1. The van der Waals surface area contributed by atoms with Crippen LogP contribution in [0.2, 0.25) is 0 Å². The zero-order valence-corrected chi connectivity index (χ0v) is 6.88. The Balaban J connectivity index is 2.22. The molecule has 0 spiro atoms. The van der Waals surface area contributed by atoms with E-state index in [1.807, 2.05) is 0 Å². The standard InChI is InChI=1S/C9H11NO2/c11-8-10-6-3-5-9-4-1-2-7-12-9/h9H,1-2,4-5,7H2. The van der Waals surface area contributed by atoms with E-state index in [1.165, 1.54) is 12.5 Å². The smallest absolute Gasteiger partial charge is 0.249 e. The van der Waals surface area contributed by atoms with Gasteiger partial charge in [-0.1, -0.05) is 5.92 Å². The van der Waals surface area contributed by atoms with Gasteiger partial charge in [-0.05, 0) is 19.3 Å². The van der Waals surface area contributed by atoms with Crippen LogP contribution in [-0.4, -0.2) is 18.8 Å². The fourth-order valence-electron chi connectivity index (χ4n) is 1.19. The maximum Gasteiger partial charge on any atom is 0.249 e. The van der Waals surface area contributed by atoms with Crippen LogP contribution in [-0.2, 0) is 9.53 Å². The number of carbonyl (C=O) groups excluding carboxylic acids is 1. The Morgan fingerprint density at radius 3 is 3.08 bits per heavy atom. The van der Waals surface area contributed by atoms with Gasteiger partial charge in [-0.2, -0.15) is 0 Å². The van der Waals surface area contributed by atoms with Crippen LogP contribution in [0.25, 0.3) is 0 Å². The largest absolute Gasteiger partial charge is 0.377 e. The van der Waals surface area contributed by atoms with Crippen LogP contribution in [0.3, 0.4) is 0 Å². The maximum atomic E-state index is 9.63. The first kappa shape index (κ1) is 8.99. The normalized spacial score (nSPS) is 21.8. The Kier molecular flexibility index (Phi) is 4.15. The van der Waals surface area contributed by atoms with Crippen LogP contribution in [0, 0.1) is 12.0 Å². The van der Waals surface area contributed by atoms with Gasteiger partial charge in [0.25, 0.3) is 0 Å². The Bertz CT molecular complexity index is 227. The maximum absolute atomic E-state index is 9.63. The quantitative estimate of drug-likeness (QED) is 0.333. The predicted molar refractivity (Wildman–Crippen MR) is 44.1 cm³/mol. The molecular weight excluding hydrogens is 154 g/mol. The van der Waals surface area contributed by atoms with Gasteiger partial charge in [0, 0.05) is 19.1 Å². The second-order valence-corrected chi connectivity index (χ2v) is 2.68. The topological polar surface area (TPSA) is 38.7 Å². The van der Waals surface area contributed by atoms with Crippen molar-refractivity contribution in [1.82, 2.24) is 0 Å². The van der Waals surface area contributed by atoms with Gasteiger partial charge < -0.3 is 4.74 Å². The van der Waals surface area contributed by atoms with E-state index in [0.29, 0.717) is 6.42 Å². The molecule has 1 atom stereocenters. The summed E-state index contributed by atoms with van der Waals surface area (Å²) in [5.74, 6) is 2.75. The van der Waals surface area contributed by atoms with Crippen LogP contribution in [0.4, 0.5) is 0 Å². The highest BCUT2D eigenvalue weighted by Crippen LogP contribution is 2.14. The van der Waals surface area contributed by atoms with Crippen molar-refractivity contribution in [3.05, 3.63) is 0 Å². The Morgan fingerprint density at radius 1 is 1.50 bits per heavy atom. The van der Waals surface area contributed by atoms with Crippen molar-refractivity contribution >= 4 is 6.08 Å². The molecule has 3 heteroatoms. The molecule has 0 aromatic rings. The van der Waals surface area contributed by atoms with E-state index < -0.39 is 0 Å². The summed E-state index contributed by atoms with van der Waals surface area (Å²) < 4.78 is 5.42. The molecule has 0 radical (unpaired) electrons. The highest BCUT2D eigenvalue weighted by molar-refractivity contribution is 5.36. The summed E-state index contributed by atoms with van der Waals surface area (Å²) in [6.45, 7) is 0.837. The molecule has 0 bridgehead atoms. The van der Waals surface area contributed by atoms with Crippen molar-refractivity contribution in [1.29, 1.82) is 0 Å². The van der Waals surface area contributed by atoms with Crippen molar-refractivity contribution in [2.24, 2.45) is 4.99 Å². The zero-order chi connectivity index (χ0) is 8.65. The first-order valence-electron chi connectivity index (χ1n) is 4.10. The molecule has 0 aromatic heterocycles. The summed E-state index contributed by atoms with van der Waals surface area (Å²) in [4.78, 5) is 12.8. The number of rotatable bonds is 1. The first-order chi connectivity index (χ1) is 5.93. The van der Waals surface area contributed by atoms with Gasteiger partial charge in [0.05, 0.1) is 6.10 Å². The molecular formula is C9H11NO2. The highest BCUT2D eigenvalue weighted by Gasteiger charge is 2.11. The summed E-state index contributed by atoms with van der Waals surface area (Å²) >= 11 is 0. The molecule has 1 heterocycles. The predicted octanol–water partition coefficient (Wildman–Crippen LogP) is 1.24. The third-order valence-corrected chi connectivity index (χ3v) is 1.78. The molecule has 1 fully saturated rings. The Morgan fingerprint density at radius 2 is 2.42 bits per heavy atom. The minimum atomic E-state index is 0.244. The van der Waals surface area contributed by atoms with E-state index in [4.69, 9.17) is 4.74 Å². The van der Waals surface area contributed by atoms with E-state index in [0.717, 1.165) is 19.4 Å². The van der Waals surface area contributed by atoms with E-state index in [1.54, 1.807) is 0 Å². The summed E-state index contributed by atoms with van der Waals surface area (Å²) in [5, 5.41) is 0. The average Bonchev–Trinajstić information content (AvgIpc) is 2.14. The number of isocyanates is 1. The Hall–Kier alpha value is -1.10. The van der Waals surface area contributed by atoms with Gasteiger partial charge in [0.1, 0.15) is 0 Å². The fourth-order valence-corrected chi connectivity index (χ4v) is 1.19. The lowest BCUT2D eigenvalue weighted by molar-refractivity contribution is 0.0197. The van der Waals surface area contributed by atoms with Gasteiger partial charge >= 0.3 is 0 Å². The van der Waals surface area contributed by atoms with Crippen molar-refractivity contribution in [2.45, 2.75) is 31.8 Å². The molecule has 1 rings (SSSR count).